The van der Waals surface area contributed by atoms with Gasteiger partial charge in [-0.25, -0.2) is 13.6 Å². The van der Waals surface area contributed by atoms with E-state index in [0.29, 0.717) is 12.8 Å². The molecule has 0 fully saturated rings. The minimum absolute atomic E-state index is 0.0702. The molecule has 2 rings (SSSR count). The number of amides is 1. The van der Waals surface area contributed by atoms with E-state index in [0.717, 1.165) is 16.8 Å². The van der Waals surface area contributed by atoms with Gasteiger partial charge in [0.05, 0.1) is 4.90 Å². The molecule has 3 N–H and O–H groups in total. The van der Waals surface area contributed by atoms with Crippen molar-refractivity contribution in [2.75, 3.05) is 5.32 Å². The van der Waals surface area contributed by atoms with Crippen LogP contribution in [0.4, 0.5) is 5.69 Å². The van der Waals surface area contributed by atoms with Crippen LogP contribution in [-0.2, 0) is 21.2 Å². The lowest BCUT2D eigenvalue weighted by atomic mass is 10.1. The van der Waals surface area contributed by atoms with E-state index in [1.807, 2.05) is 32.0 Å². The number of anilines is 1. The number of nitrogens with one attached hydrogen (secondary N) is 1. The Morgan fingerprint density at radius 3 is 2.26 bits per heavy atom. The maximum absolute atomic E-state index is 12.0. The summed E-state index contributed by atoms with van der Waals surface area (Å²) in [5.41, 5.74) is 3.97. The van der Waals surface area contributed by atoms with Crippen molar-refractivity contribution in [2.45, 2.75) is 31.6 Å². The molecule has 0 saturated heterocycles. The highest BCUT2D eigenvalue weighted by molar-refractivity contribution is 7.89. The molecule has 0 aliphatic rings. The van der Waals surface area contributed by atoms with Crippen molar-refractivity contribution in [3.63, 3.8) is 0 Å². The average molecular weight is 332 g/mol. The quantitative estimate of drug-likeness (QED) is 0.881. The van der Waals surface area contributed by atoms with Crippen molar-refractivity contribution in [1.29, 1.82) is 0 Å². The minimum Gasteiger partial charge on any atom is -0.326 e. The molecule has 0 spiro atoms. The van der Waals surface area contributed by atoms with Gasteiger partial charge in [-0.05, 0) is 61.2 Å². The summed E-state index contributed by atoms with van der Waals surface area (Å²) in [5.74, 6) is -0.0798. The molecule has 23 heavy (non-hydrogen) atoms. The normalized spacial score (nSPS) is 11.3. The second kappa shape index (κ2) is 6.93. The summed E-state index contributed by atoms with van der Waals surface area (Å²) in [6, 6.07) is 12.0. The topological polar surface area (TPSA) is 89.3 Å². The molecule has 0 radical (unpaired) electrons. The molecule has 0 atom stereocenters. The number of sulfonamides is 1. The zero-order valence-corrected chi connectivity index (χ0v) is 14.0. The molecule has 0 saturated carbocycles. The molecule has 2 aromatic rings. The summed E-state index contributed by atoms with van der Waals surface area (Å²) in [7, 11) is -3.68. The SMILES string of the molecule is Cc1ccc(NC(=O)CCc2ccc(S(N)(=O)=O)cc2)cc1C. The third-order valence-electron chi connectivity index (χ3n) is 3.68. The number of nitrogens with two attached hydrogens (primary N) is 1. The number of carbonyl (C=O) groups excluding carboxylic acids is 1. The molecule has 0 aliphatic heterocycles. The van der Waals surface area contributed by atoms with Crippen molar-refractivity contribution >= 4 is 21.6 Å². The monoisotopic (exact) mass is 332 g/mol. The molecule has 6 heteroatoms. The van der Waals surface area contributed by atoms with E-state index in [-0.39, 0.29) is 10.8 Å². The van der Waals surface area contributed by atoms with Gasteiger partial charge in [-0.2, -0.15) is 0 Å². The van der Waals surface area contributed by atoms with E-state index in [4.69, 9.17) is 5.14 Å². The molecule has 1 amide bonds. The van der Waals surface area contributed by atoms with Gasteiger partial charge < -0.3 is 5.32 Å². The van der Waals surface area contributed by atoms with Crippen LogP contribution in [0.25, 0.3) is 0 Å². The van der Waals surface area contributed by atoms with Gasteiger partial charge in [0, 0.05) is 12.1 Å². The van der Waals surface area contributed by atoms with Crippen molar-refractivity contribution in [1.82, 2.24) is 0 Å². The van der Waals surface area contributed by atoms with Gasteiger partial charge in [-0.15, -0.1) is 0 Å². The number of hydrogen-bond acceptors (Lipinski definition) is 3. The summed E-state index contributed by atoms with van der Waals surface area (Å²) in [6.45, 7) is 4.02. The van der Waals surface area contributed by atoms with Crippen LogP contribution in [0.2, 0.25) is 0 Å². The van der Waals surface area contributed by atoms with Crippen LogP contribution in [0.15, 0.2) is 47.4 Å². The summed E-state index contributed by atoms with van der Waals surface area (Å²) in [4.78, 5) is 12.1. The molecule has 0 aliphatic carbocycles. The first-order valence-electron chi connectivity index (χ1n) is 7.24. The molecule has 122 valence electrons. The third kappa shape index (κ3) is 4.91. The van der Waals surface area contributed by atoms with Crippen molar-refractivity contribution in [2.24, 2.45) is 5.14 Å². The molecule has 0 bridgehead atoms. The first kappa shape index (κ1) is 17.2. The Morgan fingerprint density at radius 2 is 1.70 bits per heavy atom. The number of carbonyl (C=O) groups is 1. The standard InChI is InChI=1S/C17H20N2O3S/c1-12-3-7-15(11-13(12)2)19-17(20)10-6-14-4-8-16(9-5-14)23(18,21)22/h3-5,7-9,11H,6,10H2,1-2H3,(H,19,20)(H2,18,21,22). The van der Waals surface area contributed by atoms with Gasteiger partial charge in [-0.1, -0.05) is 18.2 Å². The average Bonchev–Trinajstić information content (AvgIpc) is 2.48. The first-order valence-corrected chi connectivity index (χ1v) is 8.79. The molecule has 0 aromatic heterocycles. The predicted molar refractivity (Wildman–Crippen MR) is 90.7 cm³/mol. The van der Waals surface area contributed by atoms with E-state index in [1.165, 1.54) is 17.7 Å². The number of primary sulfonamides is 1. The lowest BCUT2D eigenvalue weighted by Crippen LogP contribution is -2.13. The lowest BCUT2D eigenvalue weighted by Gasteiger charge is -2.08. The second-order valence-electron chi connectivity index (χ2n) is 5.54. The zero-order chi connectivity index (χ0) is 17.0. The predicted octanol–water partition coefficient (Wildman–Crippen LogP) is 2.52. The number of hydrogen-bond donors (Lipinski definition) is 2. The Morgan fingerprint density at radius 1 is 1.04 bits per heavy atom. The van der Waals surface area contributed by atoms with Crippen molar-refractivity contribution in [3.8, 4) is 0 Å². The fourth-order valence-electron chi connectivity index (χ4n) is 2.15. The van der Waals surface area contributed by atoms with Crippen LogP contribution in [0, 0.1) is 13.8 Å². The van der Waals surface area contributed by atoms with E-state index in [1.54, 1.807) is 12.1 Å². The van der Waals surface area contributed by atoms with Gasteiger partial charge in [0.2, 0.25) is 15.9 Å². The Bertz CT molecular complexity index is 812. The Hall–Kier alpha value is -2.18. The maximum atomic E-state index is 12.0. The smallest absolute Gasteiger partial charge is 0.238 e. The second-order valence-corrected chi connectivity index (χ2v) is 7.10. The summed E-state index contributed by atoms with van der Waals surface area (Å²) in [6.07, 6.45) is 0.850. The van der Waals surface area contributed by atoms with E-state index < -0.39 is 10.0 Å². The highest BCUT2D eigenvalue weighted by Crippen LogP contribution is 2.15. The van der Waals surface area contributed by atoms with Crippen LogP contribution in [-0.4, -0.2) is 14.3 Å². The molecule has 0 unspecified atom stereocenters. The summed E-state index contributed by atoms with van der Waals surface area (Å²) in [5, 5.41) is 7.91. The Labute approximate surface area is 136 Å². The Balaban J connectivity index is 1.92. The molecular formula is C17H20N2O3S. The van der Waals surface area contributed by atoms with Crippen LogP contribution >= 0.6 is 0 Å². The van der Waals surface area contributed by atoms with E-state index >= 15 is 0 Å². The van der Waals surface area contributed by atoms with Crippen LogP contribution in [0.3, 0.4) is 0 Å². The Kier molecular flexibility index (Phi) is 5.18. The molecule has 2 aromatic carbocycles. The number of rotatable bonds is 5. The van der Waals surface area contributed by atoms with E-state index in [2.05, 4.69) is 5.32 Å². The summed E-state index contributed by atoms with van der Waals surface area (Å²) >= 11 is 0. The van der Waals surface area contributed by atoms with Gasteiger partial charge in [0.1, 0.15) is 0 Å². The maximum Gasteiger partial charge on any atom is 0.238 e. The van der Waals surface area contributed by atoms with Crippen molar-refractivity contribution in [3.05, 3.63) is 59.2 Å². The highest BCUT2D eigenvalue weighted by Gasteiger charge is 2.08. The third-order valence-corrected chi connectivity index (χ3v) is 4.61. The zero-order valence-electron chi connectivity index (χ0n) is 13.2. The largest absolute Gasteiger partial charge is 0.326 e. The van der Waals surface area contributed by atoms with Crippen molar-refractivity contribution < 1.29 is 13.2 Å². The molecule has 5 nitrogen and oxygen atoms in total. The van der Waals surface area contributed by atoms with Crippen LogP contribution < -0.4 is 10.5 Å². The highest BCUT2D eigenvalue weighted by atomic mass is 32.2. The fourth-order valence-corrected chi connectivity index (χ4v) is 2.66. The number of benzene rings is 2. The van der Waals surface area contributed by atoms with Gasteiger partial charge in [-0.3, -0.25) is 4.79 Å². The fraction of sp³-hybridized carbons (Fsp3) is 0.235. The summed E-state index contributed by atoms with van der Waals surface area (Å²) < 4.78 is 22.4. The first-order chi connectivity index (χ1) is 10.8. The van der Waals surface area contributed by atoms with E-state index in [9.17, 15) is 13.2 Å². The van der Waals surface area contributed by atoms with Crippen LogP contribution in [0.5, 0.6) is 0 Å². The van der Waals surface area contributed by atoms with Gasteiger partial charge in [0.25, 0.3) is 0 Å². The number of aryl methyl sites for hydroxylation is 3. The molecular weight excluding hydrogens is 312 g/mol. The molecule has 0 heterocycles. The minimum atomic E-state index is -3.68. The lowest BCUT2D eigenvalue weighted by molar-refractivity contribution is -0.116. The van der Waals surface area contributed by atoms with Gasteiger partial charge >= 0.3 is 0 Å². The van der Waals surface area contributed by atoms with Crippen LogP contribution in [0.1, 0.15) is 23.1 Å². The van der Waals surface area contributed by atoms with Gasteiger partial charge in [0.15, 0.2) is 0 Å².